The van der Waals surface area contributed by atoms with Crippen molar-refractivity contribution in [2.45, 2.75) is 37.4 Å². The SMILES string of the molecule is O=C(NC1CCN([C@@H]2CCOC2)CC1)[C@H](c1ccccc1)N1CCSCC1. The zero-order valence-electron chi connectivity index (χ0n) is 16.0. The van der Waals surface area contributed by atoms with Gasteiger partial charge in [-0.05, 0) is 24.8 Å². The number of carbonyl (C=O) groups is 1. The molecular weight excluding hydrogens is 358 g/mol. The summed E-state index contributed by atoms with van der Waals surface area (Å²) in [5, 5.41) is 3.38. The molecule has 0 spiro atoms. The molecule has 6 heteroatoms. The highest BCUT2D eigenvalue weighted by molar-refractivity contribution is 7.99. The topological polar surface area (TPSA) is 44.8 Å². The van der Waals surface area contributed by atoms with Gasteiger partial charge in [0.15, 0.2) is 0 Å². The number of hydrogen-bond donors (Lipinski definition) is 1. The third kappa shape index (κ3) is 4.86. The smallest absolute Gasteiger partial charge is 0.242 e. The molecule has 1 aromatic rings. The van der Waals surface area contributed by atoms with Crippen LogP contribution >= 0.6 is 11.8 Å². The Balaban J connectivity index is 1.37. The summed E-state index contributed by atoms with van der Waals surface area (Å²) in [6.45, 7) is 5.87. The number of benzene rings is 1. The Morgan fingerprint density at radius 2 is 1.81 bits per heavy atom. The third-order valence-corrected chi connectivity index (χ3v) is 7.01. The first-order valence-electron chi connectivity index (χ1n) is 10.3. The maximum absolute atomic E-state index is 13.3. The number of thioether (sulfide) groups is 1. The number of ether oxygens (including phenoxy) is 1. The van der Waals surface area contributed by atoms with Gasteiger partial charge in [0.1, 0.15) is 6.04 Å². The molecule has 3 aliphatic heterocycles. The average Bonchev–Trinajstić information content (AvgIpc) is 3.25. The lowest BCUT2D eigenvalue weighted by Gasteiger charge is -2.38. The second-order valence-corrected chi connectivity index (χ2v) is 9.02. The summed E-state index contributed by atoms with van der Waals surface area (Å²) in [4.78, 5) is 18.2. The average molecular weight is 390 g/mol. The van der Waals surface area contributed by atoms with E-state index < -0.39 is 0 Å². The van der Waals surface area contributed by atoms with Crippen molar-refractivity contribution in [2.75, 3.05) is 50.9 Å². The van der Waals surface area contributed by atoms with E-state index in [9.17, 15) is 4.79 Å². The summed E-state index contributed by atoms with van der Waals surface area (Å²) >= 11 is 1.98. The number of amides is 1. The quantitative estimate of drug-likeness (QED) is 0.836. The molecule has 3 heterocycles. The van der Waals surface area contributed by atoms with Gasteiger partial charge >= 0.3 is 0 Å². The van der Waals surface area contributed by atoms with Crippen molar-refractivity contribution in [3.8, 4) is 0 Å². The Hall–Kier alpha value is -1.08. The first kappa shape index (κ1) is 19.2. The van der Waals surface area contributed by atoms with Crippen molar-refractivity contribution < 1.29 is 9.53 Å². The molecule has 0 aromatic heterocycles. The first-order chi connectivity index (χ1) is 13.3. The Morgan fingerprint density at radius 3 is 2.48 bits per heavy atom. The second-order valence-electron chi connectivity index (χ2n) is 7.80. The second kappa shape index (κ2) is 9.41. The van der Waals surface area contributed by atoms with Crippen molar-refractivity contribution >= 4 is 17.7 Å². The van der Waals surface area contributed by atoms with Crippen molar-refractivity contribution in [1.82, 2.24) is 15.1 Å². The number of rotatable bonds is 5. The Morgan fingerprint density at radius 1 is 1.07 bits per heavy atom. The van der Waals surface area contributed by atoms with Crippen molar-refractivity contribution in [2.24, 2.45) is 0 Å². The van der Waals surface area contributed by atoms with Crippen LogP contribution in [-0.2, 0) is 9.53 Å². The lowest BCUT2D eigenvalue weighted by Crippen LogP contribution is -2.51. The van der Waals surface area contributed by atoms with Gasteiger partial charge in [-0.3, -0.25) is 14.6 Å². The third-order valence-electron chi connectivity index (χ3n) is 6.07. The number of likely N-dealkylation sites (tertiary alicyclic amines) is 1. The largest absolute Gasteiger partial charge is 0.380 e. The molecule has 1 aromatic carbocycles. The van der Waals surface area contributed by atoms with Crippen LogP contribution < -0.4 is 5.32 Å². The molecule has 0 bridgehead atoms. The normalized spacial score (nSPS) is 26.7. The molecular formula is C21H31N3O2S. The van der Waals surface area contributed by atoms with Gasteiger partial charge in [0.2, 0.25) is 5.91 Å². The predicted octanol–water partition coefficient (Wildman–Crippen LogP) is 2.15. The Labute approximate surface area is 166 Å². The molecule has 0 unspecified atom stereocenters. The van der Waals surface area contributed by atoms with Crippen LogP contribution in [0.5, 0.6) is 0 Å². The van der Waals surface area contributed by atoms with Gasteiger partial charge in [0.05, 0.1) is 6.61 Å². The standard InChI is InChI=1S/C21H31N3O2S/c25-21(22-18-6-9-23(10-7-18)19-8-13-26-16-19)20(17-4-2-1-3-5-17)24-11-14-27-15-12-24/h1-5,18-20H,6-16H2,(H,22,25)/t19-,20+/m1/s1. The van der Waals surface area contributed by atoms with E-state index in [-0.39, 0.29) is 11.9 Å². The van der Waals surface area contributed by atoms with E-state index in [0.717, 1.165) is 75.7 Å². The summed E-state index contributed by atoms with van der Waals surface area (Å²) in [6.07, 6.45) is 3.24. The fourth-order valence-corrected chi connectivity index (χ4v) is 5.43. The minimum absolute atomic E-state index is 0.159. The molecule has 0 saturated carbocycles. The molecule has 1 N–H and O–H groups in total. The van der Waals surface area contributed by atoms with Crippen LogP contribution in [0.25, 0.3) is 0 Å². The van der Waals surface area contributed by atoms with E-state index in [4.69, 9.17) is 4.74 Å². The van der Waals surface area contributed by atoms with Gasteiger partial charge in [-0.15, -0.1) is 0 Å². The summed E-state index contributed by atoms with van der Waals surface area (Å²) in [6, 6.07) is 11.0. The molecule has 3 aliphatic rings. The number of nitrogens with one attached hydrogen (secondary N) is 1. The lowest BCUT2D eigenvalue weighted by molar-refractivity contribution is -0.127. The van der Waals surface area contributed by atoms with Crippen LogP contribution in [0.2, 0.25) is 0 Å². The highest BCUT2D eigenvalue weighted by Gasteiger charge is 2.32. The molecule has 1 amide bonds. The van der Waals surface area contributed by atoms with Gasteiger partial charge in [0, 0.05) is 56.4 Å². The molecule has 4 rings (SSSR count). The van der Waals surface area contributed by atoms with E-state index in [2.05, 4.69) is 27.2 Å². The van der Waals surface area contributed by atoms with E-state index in [1.807, 2.05) is 30.0 Å². The number of nitrogens with zero attached hydrogens (tertiary/aromatic N) is 2. The molecule has 3 saturated heterocycles. The highest BCUT2D eigenvalue weighted by atomic mass is 32.2. The maximum Gasteiger partial charge on any atom is 0.242 e. The highest BCUT2D eigenvalue weighted by Crippen LogP contribution is 2.26. The summed E-state index contributed by atoms with van der Waals surface area (Å²) in [7, 11) is 0. The van der Waals surface area contributed by atoms with E-state index >= 15 is 0 Å². The molecule has 2 atom stereocenters. The van der Waals surface area contributed by atoms with Crippen LogP contribution in [0.4, 0.5) is 0 Å². The van der Waals surface area contributed by atoms with E-state index in [1.165, 1.54) is 0 Å². The fraction of sp³-hybridized carbons (Fsp3) is 0.667. The predicted molar refractivity (Wildman–Crippen MR) is 110 cm³/mol. The molecule has 3 fully saturated rings. The van der Waals surface area contributed by atoms with E-state index in [0.29, 0.717) is 12.1 Å². The molecule has 148 valence electrons. The van der Waals surface area contributed by atoms with Crippen LogP contribution in [0.15, 0.2) is 30.3 Å². The van der Waals surface area contributed by atoms with Crippen LogP contribution in [0.3, 0.4) is 0 Å². The monoisotopic (exact) mass is 389 g/mol. The van der Waals surface area contributed by atoms with Crippen LogP contribution in [0.1, 0.15) is 30.9 Å². The summed E-state index contributed by atoms with van der Waals surface area (Å²) < 4.78 is 5.53. The van der Waals surface area contributed by atoms with Crippen LogP contribution in [0, 0.1) is 0 Å². The maximum atomic E-state index is 13.3. The van der Waals surface area contributed by atoms with Crippen LogP contribution in [-0.4, -0.2) is 78.7 Å². The Bertz CT molecular complexity index is 595. The number of piperidine rings is 1. The Kier molecular flexibility index (Phi) is 6.71. The van der Waals surface area contributed by atoms with Gasteiger partial charge in [-0.2, -0.15) is 11.8 Å². The van der Waals surface area contributed by atoms with E-state index in [1.54, 1.807) is 0 Å². The molecule has 0 radical (unpaired) electrons. The molecule has 27 heavy (non-hydrogen) atoms. The lowest BCUT2D eigenvalue weighted by atomic mass is 10.00. The fourth-order valence-electron chi connectivity index (χ4n) is 4.50. The van der Waals surface area contributed by atoms with Crippen molar-refractivity contribution in [3.63, 3.8) is 0 Å². The van der Waals surface area contributed by atoms with Gasteiger partial charge in [-0.1, -0.05) is 30.3 Å². The molecule has 0 aliphatic carbocycles. The van der Waals surface area contributed by atoms with Gasteiger partial charge in [-0.25, -0.2) is 0 Å². The van der Waals surface area contributed by atoms with Crippen molar-refractivity contribution in [1.29, 1.82) is 0 Å². The summed E-state index contributed by atoms with van der Waals surface area (Å²) in [5.41, 5.74) is 1.11. The molecule has 5 nitrogen and oxygen atoms in total. The first-order valence-corrected chi connectivity index (χ1v) is 11.5. The van der Waals surface area contributed by atoms with Gasteiger partial charge < -0.3 is 10.1 Å². The minimum atomic E-state index is -0.159. The van der Waals surface area contributed by atoms with Crippen molar-refractivity contribution in [3.05, 3.63) is 35.9 Å². The number of hydrogen-bond acceptors (Lipinski definition) is 5. The zero-order valence-corrected chi connectivity index (χ0v) is 16.8. The zero-order chi connectivity index (χ0) is 18.5. The number of carbonyl (C=O) groups excluding carboxylic acids is 1. The minimum Gasteiger partial charge on any atom is -0.380 e. The van der Waals surface area contributed by atoms with Gasteiger partial charge in [0.25, 0.3) is 0 Å². The summed E-state index contributed by atoms with van der Waals surface area (Å²) in [5.74, 6) is 2.40.